The Morgan fingerprint density at radius 3 is 2.11 bits per heavy atom. The SMILES string of the molecule is COc1cc(CNC(=O)CCCCCCC(C)C)ccc1OC(=O)C(C)c1ccc(CC(C)C)cc1. The average Bonchev–Trinajstić information content (AvgIpc) is 2.84. The van der Waals surface area contributed by atoms with Gasteiger partial charge in [0.2, 0.25) is 5.91 Å². The molecule has 1 unspecified atom stereocenters. The average molecular weight is 496 g/mol. The van der Waals surface area contributed by atoms with Crippen molar-refractivity contribution in [2.75, 3.05) is 7.11 Å². The zero-order chi connectivity index (χ0) is 26.5. The number of nitrogens with one attached hydrogen (secondary N) is 1. The zero-order valence-electron chi connectivity index (χ0n) is 23.1. The Hall–Kier alpha value is -2.82. The Morgan fingerprint density at radius 2 is 1.47 bits per heavy atom. The Kier molecular flexibility index (Phi) is 12.5. The molecule has 0 saturated heterocycles. The van der Waals surface area contributed by atoms with E-state index in [2.05, 4.69) is 45.1 Å². The first-order chi connectivity index (χ1) is 17.2. The van der Waals surface area contributed by atoms with E-state index >= 15 is 0 Å². The molecule has 0 aliphatic carbocycles. The van der Waals surface area contributed by atoms with Gasteiger partial charge >= 0.3 is 5.97 Å². The van der Waals surface area contributed by atoms with E-state index in [4.69, 9.17) is 9.47 Å². The topological polar surface area (TPSA) is 64.6 Å². The van der Waals surface area contributed by atoms with Crippen molar-refractivity contribution in [3.8, 4) is 11.5 Å². The third kappa shape index (κ3) is 10.4. The molecular weight excluding hydrogens is 450 g/mol. The molecule has 5 nitrogen and oxygen atoms in total. The van der Waals surface area contributed by atoms with Gasteiger partial charge in [-0.1, -0.05) is 83.7 Å². The van der Waals surface area contributed by atoms with E-state index in [9.17, 15) is 9.59 Å². The second kappa shape index (κ2) is 15.3. The van der Waals surface area contributed by atoms with Crippen LogP contribution < -0.4 is 14.8 Å². The fourth-order valence-electron chi connectivity index (χ4n) is 4.13. The first-order valence-electron chi connectivity index (χ1n) is 13.4. The van der Waals surface area contributed by atoms with Crippen LogP contribution in [0.4, 0.5) is 0 Å². The fourth-order valence-corrected chi connectivity index (χ4v) is 4.13. The Labute approximate surface area is 218 Å². The maximum absolute atomic E-state index is 12.8. The number of methoxy groups -OCH3 is 1. The van der Waals surface area contributed by atoms with Gasteiger partial charge in [0.05, 0.1) is 13.0 Å². The predicted molar refractivity (Wildman–Crippen MR) is 146 cm³/mol. The summed E-state index contributed by atoms with van der Waals surface area (Å²) < 4.78 is 11.1. The normalized spacial score (nSPS) is 12.0. The number of carbonyl (C=O) groups is 2. The quantitative estimate of drug-likeness (QED) is 0.161. The number of rotatable bonds is 15. The van der Waals surface area contributed by atoms with Crippen LogP contribution in [0.25, 0.3) is 0 Å². The summed E-state index contributed by atoms with van der Waals surface area (Å²) in [6.07, 6.45) is 7.25. The number of benzene rings is 2. The van der Waals surface area contributed by atoms with E-state index in [-0.39, 0.29) is 11.9 Å². The van der Waals surface area contributed by atoms with Crippen molar-refractivity contribution in [1.82, 2.24) is 5.32 Å². The lowest BCUT2D eigenvalue weighted by Gasteiger charge is -2.15. The molecule has 1 amide bonds. The van der Waals surface area contributed by atoms with Gasteiger partial charge in [-0.3, -0.25) is 9.59 Å². The standard InChI is InChI=1S/C31H45NO4/c1-22(2)11-9-7-8-10-12-30(33)32-21-26-15-18-28(29(20-26)35-6)36-31(34)24(5)27-16-13-25(14-17-27)19-23(3)4/h13-18,20,22-24H,7-12,19,21H2,1-6H3,(H,32,33). The number of esters is 1. The number of amides is 1. The molecule has 0 radical (unpaired) electrons. The van der Waals surface area contributed by atoms with Gasteiger partial charge in [-0.05, 0) is 60.4 Å². The molecule has 0 saturated carbocycles. The van der Waals surface area contributed by atoms with Crippen molar-refractivity contribution < 1.29 is 19.1 Å². The lowest BCUT2D eigenvalue weighted by atomic mass is 9.97. The van der Waals surface area contributed by atoms with E-state index in [0.717, 1.165) is 36.3 Å². The largest absolute Gasteiger partial charge is 0.493 e. The van der Waals surface area contributed by atoms with Crippen molar-refractivity contribution in [3.63, 3.8) is 0 Å². The van der Waals surface area contributed by atoms with Crippen molar-refractivity contribution in [1.29, 1.82) is 0 Å². The van der Waals surface area contributed by atoms with Gasteiger partial charge < -0.3 is 14.8 Å². The highest BCUT2D eigenvalue weighted by molar-refractivity contribution is 5.80. The summed E-state index contributed by atoms with van der Waals surface area (Å²) in [5, 5.41) is 2.97. The van der Waals surface area contributed by atoms with Gasteiger partial charge in [0.1, 0.15) is 0 Å². The van der Waals surface area contributed by atoms with Crippen LogP contribution in [0, 0.1) is 11.8 Å². The van der Waals surface area contributed by atoms with Crippen LogP contribution in [0.2, 0.25) is 0 Å². The first-order valence-corrected chi connectivity index (χ1v) is 13.4. The van der Waals surface area contributed by atoms with E-state index in [1.165, 1.54) is 24.8 Å². The molecule has 2 aromatic rings. The number of carbonyl (C=O) groups excluding carboxylic acids is 2. The van der Waals surface area contributed by atoms with Gasteiger partial charge in [-0.25, -0.2) is 0 Å². The minimum atomic E-state index is -0.396. The molecule has 36 heavy (non-hydrogen) atoms. The third-order valence-corrected chi connectivity index (χ3v) is 6.34. The fraction of sp³-hybridized carbons (Fsp3) is 0.548. The van der Waals surface area contributed by atoms with Gasteiger partial charge in [-0.15, -0.1) is 0 Å². The van der Waals surface area contributed by atoms with Gasteiger partial charge in [0, 0.05) is 13.0 Å². The molecule has 0 fully saturated rings. The van der Waals surface area contributed by atoms with Gasteiger partial charge in [0.15, 0.2) is 11.5 Å². The zero-order valence-corrected chi connectivity index (χ0v) is 23.1. The molecule has 198 valence electrons. The first kappa shape index (κ1) is 29.4. The summed E-state index contributed by atoms with van der Waals surface area (Å²) >= 11 is 0. The molecule has 0 aromatic heterocycles. The summed E-state index contributed by atoms with van der Waals surface area (Å²) in [4.78, 5) is 25.0. The lowest BCUT2D eigenvalue weighted by Crippen LogP contribution is -2.22. The Balaban J connectivity index is 1.85. The molecule has 1 N–H and O–H groups in total. The van der Waals surface area contributed by atoms with Crippen LogP contribution in [-0.4, -0.2) is 19.0 Å². The summed E-state index contributed by atoms with van der Waals surface area (Å²) in [5.74, 6) is 1.51. The summed E-state index contributed by atoms with van der Waals surface area (Å²) in [6.45, 7) is 11.1. The van der Waals surface area contributed by atoms with E-state index in [1.54, 1.807) is 19.2 Å². The molecule has 0 aliphatic heterocycles. The van der Waals surface area contributed by atoms with E-state index in [1.807, 2.05) is 25.1 Å². The molecule has 2 rings (SSSR count). The highest BCUT2D eigenvalue weighted by Gasteiger charge is 2.20. The minimum absolute atomic E-state index is 0.0570. The monoisotopic (exact) mass is 495 g/mol. The van der Waals surface area contributed by atoms with Crippen LogP contribution in [0.3, 0.4) is 0 Å². The predicted octanol–water partition coefficient (Wildman–Crippen LogP) is 7.22. The minimum Gasteiger partial charge on any atom is -0.493 e. The van der Waals surface area contributed by atoms with Crippen LogP contribution in [-0.2, 0) is 22.6 Å². The molecule has 2 aromatic carbocycles. The maximum Gasteiger partial charge on any atom is 0.318 e. The second-order valence-corrected chi connectivity index (χ2v) is 10.6. The van der Waals surface area contributed by atoms with Crippen molar-refractivity contribution >= 4 is 11.9 Å². The lowest BCUT2D eigenvalue weighted by molar-refractivity contribution is -0.135. The van der Waals surface area contributed by atoms with E-state index in [0.29, 0.717) is 30.4 Å². The van der Waals surface area contributed by atoms with Crippen LogP contribution in [0.1, 0.15) is 95.8 Å². The molecule has 0 heterocycles. The Morgan fingerprint density at radius 1 is 0.806 bits per heavy atom. The number of hydrogen-bond acceptors (Lipinski definition) is 4. The van der Waals surface area contributed by atoms with Crippen molar-refractivity contribution in [2.45, 2.75) is 92.0 Å². The van der Waals surface area contributed by atoms with Crippen molar-refractivity contribution in [3.05, 3.63) is 59.2 Å². The second-order valence-electron chi connectivity index (χ2n) is 10.6. The molecule has 1 atom stereocenters. The summed E-state index contributed by atoms with van der Waals surface area (Å²) in [7, 11) is 1.55. The number of ether oxygens (including phenoxy) is 2. The number of unbranched alkanes of at least 4 members (excludes halogenated alkanes) is 3. The van der Waals surface area contributed by atoms with Crippen LogP contribution in [0.15, 0.2) is 42.5 Å². The molecule has 0 bridgehead atoms. The van der Waals surface area contributed by atoms with Crippen LogP contribution in [0.5, 0.6) is 11.5 Å². The number of hydrogen-bond donors (Lipinski definition) is 1. The highest BCUT2D eigenvalue weighted by Crippen LogP contribution is 2.30. The van der Waals surface area contributed by atoms with Gasteiger partial charge in [-0.2, -0.15) is 0 Å². The molecular formula is C31H45NO4. The summed E-state index contributed by atoms with van der Waals surface area (Å²) in [5.41, 5.74) is 3.08. The highest BCUT2D eigenvalue weighted by atomic mass is 16.6. The van der Waals surface area contributed by atoms with Crippen LogP contribution >= 0.6 is 0 Å². The Bertz CT molecular complexity index is 950. The van der Waals surface area contributed by atoms with Crippen molar-refractivity contribution in [2.24, 2.45) is 11.8 Å². The third-order valence-electron chi connectivity index (χ3n) is 6.34. The molecule has 5 heteroatoms. The van der Waals surface area contributed by atoms with E-state index < -0.39 is 5.92 Å². The molecule has 0 aliphatic rings. The smallest absolute Gasteiger partial charge is 0.318 e. The maximum atomic E-state index is 12.8. The summed E-state index contributed by atoms with van der Waals surface area (Å²) in [6, 6.07) is 13.5. The molecule has 0 spiro atoms. The van der Waals surface area contributed by atoms with Gasteiger partial charge in [0.25, 0.3) is 0 Å².